The maximum atomic E-state index is 9.38. The minimum atomic E-state index is -0.242. The van der Waals surface area contributed by atoms with Gasteiger partial charge in [-0.15, -0.1) is 0 Å². The van der Waals surface area contributed by atoms with Crippen molar-refractivity contribution < 1.29 is 5.11 Å². The van der Waals surface area contributed by atoms with Crippen LogP contribution in [-0.4, -0.2) is 34.8 Å². The molecule has 0 aromatic rings. The van der Waals surface area contributed by atoms with Crippen molar-refractivity contribution in [2.75, 3.05) is 6.26 Å². The van der Waals surface area contributed by atoms with Crippen molar-refractivity contribution in [3.05, 3.63) is 0 Å². The molecular weight excluding hydrogens is 194 g/mol. The second kappa shape index (κ2) is 5.99. The molecule has 0 heterocycles. The summed E-state index contributed by atoms with van der Waals surface area (Å²) in [5.41, 5.74) is 0. The summed E-state index contributed by atoms with van der Waals surface area (Å²) >= 11 is 2.00. The molecule has 3 heteroatoms. The Balaban J connectivity index is 2.22. The van der Waals surface area contributed by atoms with E-state index in [0.717, 1.165) is 5.25 Å². The van der Waals surface area contributed by atoms with Crippen LogP contribution in [-0.2, 0) is 0 Å². The zero-order chi connectivity index (χ0) is 10.6. The summed E-state index contributed by atoms with van der Waals surface area (Å²) in [7, 11) is 0. The van der Waals surface area contributed by atoms with E-state index in [4.69, 9.17) is 0 Å². The van der Waals surface area contributed by atoms with E-state index in [1.165, 1.54) is 25.7 Å². The highest BCUT2D eigenvalue weighted by atomic mass is 32.2. The molecule has 2 N–H and O–H groups in total. The van der Waals surface area contributed by atoms with Gasteiger partial charge in [-0.2, -0.15) is 11.8 Å². The number of aliphatic hydroxyl groups excluding tert-OH is 1. The van der Waals surface area contributed by atoms with E-state index in [2.05, 4.69) is 18.5 Å². The predicted octanol–water partition coefficient (Wildman–Crippen LogP) is 2.02. The lowest BCUT2D eigenvalue weighted by Crippen LogP contribution is -2.44. The first-order valence-corrected chi connectivity index (χ1v) is 6.89. The van der Waals surface area contributed by atoms with Crippen molar-refractivity contribution in [2.45, 2.75) is 63.0 Å². The van der Waals surface area contributed by atoms with Gasteiger partial charge < -0.3 is 10.4 Å². The summed E-state index contributed by atoms with van der Waals surface area (Å²) in [5, 5.41) is 13.8. The van der Waals surface area contributed by atoms with Crippen molar-refractivity contribution >= 4 is 11.8 Å². The molecule has 1 saturated carbocycles. The first-order chi connectivity index (χ1) is 6.63. The predicted molar refractivity (Wildman–Crippen MR) is 63.8 cm³/mol. The number of aliphatic hydroxyl groups is 1. The highest BCUT2D eigenvalue weighted by molar-refractivity contribution is 7.99. The third-order valence-corrected chi connectivity index (χ3v) is 4.37. The molecule has 0 bridgehead atoms. The van der Waals surface area contributed by atoms with Crippen molar-refractivity contribution in [1.82, 2.24) is 5.32 Å². The average molecular weight is 217 g/mol. The van der Waals surface area contributed by atoms with Gasteiger partial charge in [0.1, 0.15) is 0 Å². The van der Waals surface area contributed by atoms with Crippen LogP contribution in [0.25, 0.3) is 0 Å². The molecule has 14 heavy (non-hydrogen) atoms. The van der Waals surface area contributed by atoms with Crippen LogP contribution in [0.3, 0.4) is 0 Å². The quantitative estimate of drug-likeness (QED) is 0.755. The molecule has 0 aromatic carbocycles. The maximum Gasteiger partial charge on any atom is 0.0662 e. The fourth-order valence-corrected chi connectivity index (χ4v) is 2.72. The lowest BCUT2D eigenvalue weighted by Gasteiger charge is -2.31. The molecule has 0 aromatic heterocycles. The molecule has 1 aliphatic rings. The van der Waals surface area contributed by atoms with E-state index in [-0.39, 0.29) is 12.1 Å². The summed E-state index contributed by atoms with van der Waals surface area (Å²) in [6.45, 7) is 3.91. The van der Waals surface area contributed by atoms with Gasteiger partial charge in [0.05, 0.1) is 6.10 Å². The summed E-state index contributed by atoms with van der Waals surface area (Å²) in [6, 6.07) is 0.855. The van der Waals surface area contributed by atoms with Gasteiger partial charge in [0.2, 0.25) is 0 Å². The van der Waals surface area contributed by atoms with Gasteiger partial charge in [0.25, 0.3) is 0 Å². The summed E-state index contributed by atoms with van der Waals surface area (Å²) in [5.74, 6) is 0. The van der Waals surface area contributed by atoms with Crippen molar-refractivity contribution in [2.24, 2.45) is 0 Å². The van der Waals surface area contributed by atoms with Crippen LogP contribution in [0.5, 0.6) is 0 Å². The monoisotopic (exact) mass is 217 g/mol. The number of hydrogen-bond acceptors (Lipinski definition) is 3. The van der Waals surface area contributed by atoms with Crippen LogP contribution in [0.1, 0.15) is 39.5 Å². The molecular formula is C11H23NOS. The Morgan fingerprint density at radius 1 is 1.21 bits per heavy atom. The zero-order valence-corrected chi connectivity index (χ0v) is 10.3. The molecule has 1 aliphatic carbocycles. The first kappa shape index (κ1) is 12.3. The molecule has 0 aliphatic heterocycles. The summed E-state index contributed by atoms with van der Waals surface area (Å²) in [6.07, 6.45) is 7.15. The Morgan fingerprint density at radius 3 is 2.21 bits per heavy atom. The van der Waals surface area contributed by atoms with E-state index < -0.39 is 0 Å². The van der Waals surface area contributed by atoms with Crippen molar-refractivity contribution in [3.63, 3.8) is 0 Å². The lowest BCUT2D eigenvalue weighted by molar-refractivity contribution is 0.141. The highest BCUT2D eigenvalue weighted by Crippen LogP contribution is 2.27. The van der Waals surface area contributed by atoms with Gasteiger partial charge in [-0.05, 0) is 45.8 Å². The smallest absolute Gasteiger partial charge is 0.0662 e. The molecule has 1 fully saturated rings. The van der Waals surface area contributed by atoms with Crippen molar-refractivity contribution in [1.29, 1.82) is 0 Å². The third-order valence-electron chi connectivity index (χ3n) is 3.23. The molecule has 0 amide bonds. The Bertz CT molecular complexity index is 155. The molecule has 2 nitrogen and oxygen atoms in total. The third kappa shape index (κ3) is 3.79. The van der Waals surface area contributed by atoms with Gasteiger partial charge in [-0.1, -0.05) is 0 Å². The van der Waals surface area contributed by atoms with E-state index >= 15 is 0 Å². The minimum Gasteiger partial charge on any atom is -0.392 e. The summed E-state index contributed by atoms with van der Waals surface area (Å²) < 4.78 is 0. The first-order valence-electron chi connectivity index (χ1n) is 5.60. The fraction of sp³-hybridized carbons (Fsp3) is 1.00. The second-order valence-electron chi connectivity index (χ2n) is 4.41. The molecule has 1 rings (SSSR count). The topological polar surface area (TPSA) is 32.3 Å². The van der Waals surface area contributed by atoms with Crippen LogP contribution in [0, 0.1) is 0 Å². The van der Waals surface area contributed by atoms with Crippen LogP contribution < -0.4 is 5.32 Å². The fourth-order valence-electron chi connectivity index (χ4n) is 1.98. The van der Waals surface area contributed by atoms with Gasteiger partial charge >= 0.3 is 0 Å². The molecule has 2 atom stereocenters. The molecule has 0 saturated heterocycles. The Labute approximate surface area is 91.9 Å². The normalized spacial score (nSPS) is 32.6. The summed E-state index contributed by atoms with van der Waals surface area (Å²) in [4.78, 5) is 0. The van der Waals surface area contributed by atoms with Crippen LogP contribution >= 0.6 is 11.8 Å². The molecule has 0 radical (unpaired) electrons. The number of hydrogen-bond donors (Lipinski definition) is 2. The molecule has 2 unspecified atom stereocenters. The molecule has 84 valence electrons. The SMILES string of the molecule is CSC1CCC(NC(C)C(C)O)CC1. The van der Waals surface area contributed by atoms with Gasteiger partial charge in [0.15, 0.2) is 0 Å². The number of nitrogens with one attached hydrogen (secondary N) is 1. The van der Waals surface area contributed by atoms with Gasteiger partial charge in [0, 0.05) is 17.3 Å². The van der Waals surface area contributed by atoms with E-state index in [9.17, 15) is 5.11 Å². The standard InChI is InChI=1S/C11H23NOS/c1-8(9(2)13)12-10-4-6-11(14-3)7-5-10/h8-13H,4-7H2,1-3H3. The van der Waals surface area contributed by atoms with Crippen LogP contribution in [0.2, 0.25) is 0 Å². The van der Waals surface area contributed by atoms with E-state index in [1.54, 1.807) is 0 Å². The van der Waals surface area contributed by atoms with Crippen molar-refractivity contribution in [3.8, 4) is 0 Å². The second-order valence-corrected chi connectivity index (χ2v) is 5.54. The minimum absolute atomic E-state index is 0.228. The zero-order valence-electron chi connectivity index (χ0n) is 9.49. The van der Waals surface area contributed by atoms with E-state index in [1.807, 2.05) is 18.7 Å². The highest BCUT2D eigenvalue weighted by Gasteiger charge is 2.22. The largest absolute Gasteiger partial charge is 0.392 e. The Hall–Kier alpha value is 0.270. The maximum absolute atomic E-state index is 9.38. The van der Waals surface area contributed by atoms with Gasteiger partial charge in [-0.25, -0.2) is 0 Å². The number of thioether (sulfide) groups is 1. The molecule has 0 spiro atoms. The van der Waals surface area contributed by atoms with Crippen LogP contribution in [0.4, 0.5) is 0 Å². The van der Waals surface area contributed by atoms with Gasteiger partial charge in [-0.3, -0.25) is 0 Å². The number of rotatable bonds is 4. The van der Waals surface area contributed by atoms with E-state index in [0.29, 0.717) is 6.04 Å². The Morgan fingerprint density at radius 2 is 1.79 bits per heavy atom. The average Bonchev–Trinajstić information content (AvgIpc) is 2.19. The van der Waals surface area contributed by atoms with Crippen LogP contribution in [0.15, 0.2) is 0 Å². The Kier molecular flexibility index (Phi) is 5.28. The lowest BCUT2D eigenvalue weighted by atomic mass is 9.94.